The molecule has 1 saturated heterocycles. The van der Waals surface area contributed by atoms with E-state index in [0.717, 1.165) is 25.9 Å². The minimum atomic E-state index is -0.374. The molecule has 1 fully saturated rings. The van der Waals surface area contributed by atoms with Crippen molar-refractivity contribution in [2.45, 2.75) is 25.5 Å². The molecule has 1 aliphatic rings. The third-order valence-corrected chi connectivity index (χ3v) is 4.13. The monoisotopic (exact) mass is 345 g/mol. The molecule has 24 heavy (non-hydrogen) atoms. The molecule has 2 aromatic carbocycles. The normalized spacial score (nSPS) is 18.3. The smallest absolute Gasteiger partial charge is 0.338 e. The summed E-state index contributed by atoms with van der Waals surface area (Å²) in [6, 6.07) is 16.9. The van der Waals surface area contributed by atoms with Gasteiger partial charge in [-0.05, 0) is 36.6 Å². The number of carbonyl (C=O) groups is 1. The fraction of sp³-hybridized carbons (Fsp3) is 0.316. The molecule has 5 heteroatoms. The predicted molar refractivity (Wildman–Crippen MR) is 92.7 cm³/mol. The van der Waals surface area contributed by atoms with Crippen molar-refractivity contribution in [3.8, 4) is 0 Å². The molecule has 1 aliphatic heterocycles. The lowest BCUT2D eigenvalue weighted by Crippen LogP contribution is -2.38. The first-order valence-electron chi connectivity index (χ1n) is 8.09. The van der Waals surface area contributed by atoms with Gasteiger partial charge in [0.25, 0.3) is 0 Å². The number of esters is 1. The molecule has 0 aromatic heterocycles. The fourth-order valence-corrected chi connectivity index (χ4v) is 2.89. The molecule has 3 rings (SSSR count). The first-order chi connectivity index (χ1) is 11.7. The van der Waals surface area contributed by atoms with Crippen LogP contribution >= 0.6 is 11.6 Å². The van der Waals surface area contributed by atoms with Gasteiger partial charge >= 0.3 is 5.97 Å². The zero-order valence-corrected chi connectivity index (χ0v) is 14.1. The highest BCUT2D eigenvalue weighted by Gasteiger charge is 2.22. The van der Waals surface area contributed by atoms with Gasteiger partial charge in [-0.3, -0.25) is 4.84 Å². The second-order valence-corrected chi connectivity index (χ2v) is 6.26. The number of ether oxygens (including phenoxy) is 1. The summed E-state index contributed by atoms with van der Waals surface area (Å²) >= 11 is 5.89. The maximum absolute atomic E-state index is 12.1. The molecular formula is C19H20ClNO3. The summed E-state index contributed by atoms with van der Waals surface area (Å²) in [7, 11) is 0. The average molecular weight is 346 g/mol. The molecule has 0 radical (unpaired) electrons. The van der Waals surface area contributed by atoms with Crippen LogP contribution < -0.4 is 0 Å². The molecule has 2 aromatic rings. The number of rotatable bonds is 5. The maximum Gasteiger partial charge on any atom is 0.338 e. The van der Waals surface area contributed by atoms with E-state index in [4.69, 9.17) is 21.2 Å². The van der Waals surface area contributed by atoms with E-state index >= 15 is 0 Å². The lowest BCUT2D eigenvalue weighted by Gasteiger charge is -2.32. The van der Waals surface area contributed by atoms with E-state index in [2.05, 4.69) is 12.1 Å². The molecule has 0 unspecified atom stereocenters. The molecule has 0 aliphatic carbocycles. The van der Waals surface area contributed by atoms with Crippen molar-refractivity contribution in [1.82, 2.24) is 5.06 Å². The van der Waals surface area contributed by atoms with E-state index in [0.29, 0.717) is 10.6 Å². The SMILES string of the molecule is O=C(OC[C@@H]1CCCN(Cc2ccccc2)O1)c1cccc(Cl)c1. The van der Waals surface area contributed by atoms with Gasteiger partial charge in [-0.2, -0.15) is 5.06 Å². The number of halogens is 1. The van der Waals surface area contributed by atoms with Crippen LogP contribution in [0.1, 0.15) is 28.8 Å². The Bertz CT molecular complexity index is 677. The van der Waals surface area contributed by atoms with Crippen LogP contribution in [0.3, 0.4) is 0 Å². The number of carbonyl (C=O) groups excluding carboxylic acids is 1. The molecule has 4 nitrogen and oxygen atoms in total. The second kappa shape index (κ2) is 8.29. The van der Waals surface area contributed by atoms with Gasteiger partial charge in [0, 0.05) is 18.1 Å². The van der Waals surface area contributed by atoms with Gasteiger partial charge in [0.05, 0.1) is 5.56 Å². The van der Waals surface area contributed by atoms with E-state index in [1.807, 2.05) is 23.3 Å². The number of hydrogen-bond acceptors (Lipinski definition) is 4. The Labute approximate surface area is 146 Å². The molecule has 0 bridgehead atoms. The highest BCUT2D eigenvalue weighted by Crippen LogP contribution is 2.18. The van der Waals surface area contributed by atoms with Crippen LogP contribution in [0.4, 0.5) is 0 Å². The summed E-state index contributed by atoms with van der Waals surface area (Å²) < 4.78 is 5.37. The maximum atomic E-state index is 12.1. The van der Waals surface area contributed by atoms with Gasteiger partial charge in [0.2, 0.25) is 0 Å². The summed E-state index contributed by atoms with van der Waals surface area (Å²) in [5, 5.41) is 2.46. The summed E-state index contributed by atoms with van der Waals surface area (Å²) in [6.07, 6.45) is 1.80. The Kier molecular flexibility index (Phi) is 5.86. The van der Waals surface area contributed by atoms with Crippen LogP contribution in [0.15, 0.2) is 54.6 Å². The second-order valence-electron chi connectivity index (χ2n) is 5.83. The molecule has 0 saturated carbocycles. The minimum Gasteiger partial charge on any atom is -0.459 e. The Morgan fingerprint density at radius 2 is 2.04 bits per heavy atom. The van der Waals surface area contributed by atoms with Crippen molar-refractivity contribution < 1.29 is 14.4 Å². The van der Waals surface area contributed by atoms with Gasteiger partial charge in [-0.15, -0.1) is 0 Å². The highest BCUT2D eigenvalue weighted by atomic mass is 35.5. The van der Waals surface area contributed by atoms with Gasteiger partial charge in [-0.25, -0.2) is 4.79 Å². The standard InChI is InChI=1S/C19H20ClNO3/c20-17-9-4-8-16(12-17)19(22)23-14-18-10-5-11-21(24-18)13-15-6-2-1-3-7-15/h1-4,6-9,12,18H,5,10-11,13-14H2/t18-/m0/s1. The molecule has 1 heterocycles. The number of hydrogen-bond donors (Lipinski definition) is 0. The Balaban J connectivity index is 1.49. The molecule has 0 amide bonds. The van der Waals surface area contributed by atoms with E-state index in [1.54, 1.807) is 24.3 Å². The number of benzene rings is 2. The van der Waals surface area contributed by atoms with Crippen LogP contribution in [0.25, 0.3) is 0 Å². The van der Waals surface area contributed by atoms with Gasteiger partial charge < -0.3 is 4.74 Å². The quantitative estimate of drug-likeness (QED) is 0.765. The Hall–Kier alpha value is -1.88. The molecule has 126 valence electrons. The van der Waals surface area contributed by atoms with Crippen LogP contribution in [0.5, 0.6) is 0 Å². The fourth-order valence-electron chi connectivity index (χ4n) is 2.70. The van der Waals surface area contributed by atoms with E-state index in [1.165, 1.54) is 5.56 Å². The van der Waals surface area contributed by atoms with E-state index in [9.17, 15) is 4.79 Å². The molecular weight excluding hydrogens is 326 g/mol. The molecule has 1 atom stereocenters. The topological polar surface area (TPSA) is 38.8 Å². The first-order valence-corrected chi connectivity index (χ1v) is 8.47. The number of nitrogens with zero attached hydrogens (tertiary/aromatic N) is 1. The lowest BCUT2D eigenvalue weighted by atomic mass is 10.1. The third-order valence-electron chi connectivity index (χ3n) is 3.89. The van der Waals surface area contributed by atoms with Crippen LogP contribution in [-0.2, 0) is 16.1 Å². The third kappa shape index (κ3) is 4.81. The van der Waals surface area contributed by atoms with Gasteiger partial charge in [0.1, 0.15) is 12.7 Å². The molecule has 0 spiro atoms. The van der Waals surface area contributed by atoms with Crippen LogP contribution in [0, 0.1) is 0 Å². The average Bonchev–Trinajstić information content (AvgIpc) is 2.61. The summed E-state index contributed by atoms with van der Waals surface area (Å²) in [5.74, 6) is -0.374. The Morgan fingerprint density at radius 3 is 2.83 bits per heavy atom. The zero-order valence-electron chi connectivity index (χ0n) is 13.4. The van der Waals surface area contributed by atoms with Crippen molar-refractivity contribution in [2.24, 2.45) is 0 Å². The predicted octanol–water partition coefficient (Wildman–Crippen LogP) is 4.09. The largest absolute Gasteiger partial charge is 0.459 e. The van der Waals surface area contributed by atoms with Crippen LogP contribution in [-0.4, -0.2) is 30.3 Å². The van der Waals surface area contributed by atoms with Crippen molar-refractivity contribution in [1.29, 1.82) is 0 Å². The number of hydroxylamine groups is 2. The summed E-state index contributed by atoms with van der Waals surface area (Å²) in [5.41, 5.74) is 1.66. The van der Waals surface area contributed by atoms with Gasteiger partial charge in [0.15, 0.2) is 0 Å². The summed E-state index contributed by atoms with van der Waals surface area (Å²) in [4.78, 5) is 18.0. The van der Waals surface area contributed by atoms with Crippen molar-refractivity contribution in [3.05, 3.63) is 70.7 Å². The summed E-state index contributed by atoms with van der Waals surface area (Å²) in [6.45, 7) is 1.86. The molecule has 0 N–H and O–H groups in total. The van der Waals surface area contributed by atoms with Crippen molar-refractivity contribution in [3.63, 3.8) is 0 Å². The minimum absolute atomic E-state index is 0.106. The van der Waals surface area contributed by atoms with Crippen LogP contribution in [0.2, 0.25) is 5.02 Å². The van der Waals surface area contributed by atoms with E-state index in [-0.39, 0.29) is 18.7 Å². The van der Waals surface area contributed by atoms with Gasteiger partial charge in [-0.1, -0.05) is 48.0 Å². The van der Waals surface area contributed by atoms with Crippen molar-refractivity contribution in [2.75, 3.05) is 13.2 Å². The lowest BCUT2D eigenvalue weighted by molar-refractivity contribution is -0.235. The van der Waals surface area contributed by atoms with Crippen molar-refractivity contribution >= 4 is 17.6 Å². The van der Waals surface area contributed by atoms with E-state index < -0.39 is 0 Å². The highest BCUT2D eigenvalue weighted by molar-refractivity contribution is 6.30. The Morgan fingerprint density at radius 1 is 1.21 bits per heavy atom. The first kappa shape index (κ1) is 17.0. The zero-order chi connectivity index (χ0) is 16.8.